The number of benzene rings is 1. The first kappa shape index (κ1) is 26.2. The van der Waals surface area contributed by atoms with E-state index in [1.54, 1.807) is 10.8 Å². The molecule has 0 saturated heterocycles. The van der Waals surface area contributed by atoms with E-state index in [1.165, 1.54) is 28.9 Å². The maximum Gasteiger partial charge on any atom is 0.357 e. The van der Waals surface area contributed by atoms with Crippen LogP contribution in [-0.2, 0) is 13.1 Å². The SMILES string of the molecule is NCc1cccc(CNC(=O)c2coc(-c3csc(-c4cccc(-c5nc(-c6nc(C(=O)O)co6)cs5)n4)n3)n2)c1. The Hall–Kier alpha value is -5.05. The standard InChI is InChI=1S/C27H19N7O5S2/c28-8-14-3-1-4-15(7-14)9-29-22(35)18-10-38-23(31-18)20-12-40-25(33-20)16-5-2-6-17(30-16)26-34-21(13-41-26)24-32-19(11-39-24)27(36)37/h1-7,10-13H,8-9,28H2,(H,29,35)(H,36,37). The van der Waals surface area contributed by atoms with E-state index in [0.29, 0.717) is 45.9 Å². The lowest BCUT2D eigenvalue weighted by atomic mass is 10.1. The molecule has 1 amide bonds. The highest BCUT2D eigenvalue weighted by Gasteiger charge is 2.18. The first-order valence-corrected chi connectivity index (χ1v) is 13.8. The third-order valence-corrected chi connectivity index (χ3v) is 7.50. The summed E-state index contributed by atoms with van der Waals surface area (Å²) < 4.78 is 10.8. The van der Waals surface area contributed by atoms with Gasteiger partial charge in [0.2, 0.25) is 11.8 Å². The van der Waals surface area contributed by atoms with E-state index in [9.17, 15) is 9.59 Å². The molecule has 12 nitrogen and oxygen atoms in total. The van der Waals surface area contributed by atoms with E-state index >= 15 is 0 Å². The third kappa shape index (κ3) is 5.65. The fourth-order valence-electron chi connectivity index (χ4n) is 3.78. The lowest BCUT2D eigenvalue weighted by Gasteiger charge is -2.05. The number of rotatable bonds is 9. The second-order valence-electron chi connectivity index (χ2n) is 8.57. The second kappa shape index (κ2) is 11.2. The summed E-state index contributed by atoms with van der Waals surface area (Å²) in [4.78, 5) is 45.7. The van der Waals surface area contributed by atoms with Crippen LogP contribution in [0.5, 0.6) is 0 Å². The summed E-state index contributed by atoms with van der Waals surface area (Å²) in [5.41, 5.74) is 9.66. The fraction of sp³-hybridized carbons (Fsp3) is 0.0741. The molecule has 0 radical (unpaired) electrons. The zero-order chi connectivity index (χ0) is 28.3. The number of carboxylic acid groups (broad SMARTS) is 1. The van der Waals surface area contributed by atoms with Gasteiger partial charge in [-0.3, -0.25) is 4.79 Å². The molecule has 5 heterocycles. The van der Waals surface area contributed by atoms with E-state index in [4.69, 9.17) is 19.7 Å². The highest BCUT2D eigenvalue weighted by atomic mass is 32.1. The number of carboxylic acids is 1. The van der Waals surface area contributed by atoms with Crippen molar-refractivity contribution in [3.8, 4) is 44.6 Å². The summed E-state index contributed by atoms with van der Waals surface area (Å²) >= 11 is 2.68. The topological polar surface area (TPSA) is 183 Å². The third-order valence-electron chi connectivity index (χ3n) is 5.77. The number of thiazole rings is 2. The number of carbonyl (C=O) groups is 2. The van der Waals surface area contributed by atoms with Gasteiger partial charge < -0.3 is 25.0 Å². The van der Waals surface area contributed by atoms with Gasteiger partial charge in [0.1, 0.15) is 33.9 Å². The lowest BCUT2D eigenvalue weighted by Crippen LogP contribution is -2.23. The average molecular weight is 586 g/mol. The Morgan fingerprint density at radius 3 is 1.98 bits per heavy atom. The minimum absolute atomic E-state index is 0.116. The molecular formula is C27H19N7O5S2. The minimum Gasteiger partial charge on any atom is -0.476 e. The summed E-state index contributed by atoms with van der Waals surface area (Å²) in [6, 6.07) is 13.1. The van der Waals surface area contributed by atoms with E-state index < -0.39 is 5.97 Å². The van der Waals surface area contributed by atoms with Gasteiger partial charge in [-0.25, -0.2) is 29.7 Å². The number of pyridine rings is 1. The van der Waals surface area contributed by atoms with Gasteiger partial charge in [0.25, 0.3) is 5.91 Å². The minimum atomic E-state index is -1.18. The maximum atomic E-state index is 12.6. The predicted molar refractivity (Wildman–Crippen MR) is 150 cm³/mol. The highest BCUT2D eigenvalue weighted by molar-refractivity contribution is 7.13. The Morgan fingerprint density at radius 2 is 1.37 bits per heavy atom. The van der Waals surface area contributed by atoms with Crippen molar-refractivity contribution in [3.05, 3.63) is 88.3 Å². The molecule has 0 spiro atoms. The molecule has 0 aliphatic rings. The van der Waals surface area contributed by atoms with Crippen LogP contribution in [0.15, 0.2) is 74.6 Å². The Morgan fingerprint density at radius 1 is 0.780 bits per heavy atom. The van der Waals surface area contributed by atoms with Gasteiger partial charge in [-0.2, -0.15) is 0 Å². The Bertz CT molecular complexity index is 1870. The molecule has 0 saturated carbocycles. The van der Waals surface area contributed by atoms with Gasteiger partial charge in [0, 0.05) is 23.8 Å². The van der Waals surface area contributed by atoms with Gasteiger partial charge in [-0.15, -0.1) is 22.7 Å². The average Bonchev–Trinajstić information content (AvgIpc) is 3.81. The molecule has 6 aromatic rings. The van der Waals surface area contributed by atoms with E-state index in [2.05, 4.69) is 30.2 Å². The number of nitrogens with zero attached hydrogens (tertiary/aromatic N) is 5. The van der Waals surface area contributed by atoms with Crippen LogP contribution in [0.25, 0.3) is 44.6 Å². The van der Waals surface area contributed by atoms with Crippen molar-refractivity contribution in [1.29, 1.82) is 0 Å². The Kier molecular flexibility index (Phi) is 7.16. The number of aromatic carboxylic acids is 1. The van der Waals surface area contributed by atoms with Crippen LogP contribution in [-0.4, -0.2) is 41.9 Å². The zero-order valence-corrected chi connectivity index (χ0v) is 22.6. The molecule has 204 valence electrons. The van der Waals surface area contributed by atoms with Crippen molar-refractivity contribution in [3.63, 3.8) is 0 Å². The van der Waals surface area contributed by atoms with E-state index in [-0.39, 0.29) is 29.1 Å². The summed E-state index contributed by atoms with van der Waals surface area (Å²) in [5, 5.41) is 16.6. The van der Waals surface area contributed by atoms with Crippen molar-refractivity contribution >= 4 is 34.6 Å². The van der Waals surface area contributed by atoms with Crippen LogP contribution >= 0.6 is 22.7 Å². The predicted octanol–water partition coefficient (Wildman–Crippen LogP) is 4.73. The van der Waals surface area contributed by atoms with Crippen LogP contribution in [0.3, 0.4) is 0 Å². The van der Waals surface area contributed by atoms with Gasteiger partial charge in [0.05, 0.1) is 11.4 Å². The first-order valence-electron chi connectivity index (χ1n) is 12.1. The molecule has 1 aromatic carbocycles. The van der Waals surface area contributed by atoms with Crippen molar-refractivity contribution in [2.24, 2.45) is 5.73 Å². The normalized spacial score (nSPS) is 11.0. The number of hydrogen-bond donors (Lipinski definition) is 3. The van der Waals surface area contributed by atoms with Crippen molar-refractivity contribution in [2.45, 2.75) is 13.1 Å². The summed E-state index contributed by atoms with van der Waals surface area (Å²) in [6.45, 7) is 0.760. The number of amides is 1. The number of oxazole rings is 2. The zero-order valence-electron chi connectivity index (χ0n) is 21.0. The number of carbonyl (C=O) groups excluding carboxylic acids is 1. The van der Waals surface area contributed by atoms with Gasteiger partial charge in [-0.1, -0.05) is 30.3 Å². The van der Waals surface area contributed by atoms with Crippen LogP contribution in [0.2, 0.25) is 0 Å². The quantitative estimate of drug-likeness (QED) is 0.213. The molecule has 41 heavy (non-hydrogen) atoms. The number of hydrogen-bond acceptors (Lipinski definition) is 12. The van der Waals surface area contributed by atoms with Gasteiger partial charge in [0.15, 0.2) is 11.4 Å². The van der Waals surface area contributed by atoms with Crippen LogP contribution < -0.4 is 11.1 Å². The molecule has 0 aliphatic heterocycles. The maximum absolute atomic E-state index is 12.6. The smallest absolute Gasteiger partial charge is 0.357 e. The number of nitrogens with two attached hydrogens (primary N) is 1. The van der Waals surface area contributed by atoms with Crippen LogP contribution in [0, 0.1) is 0 Å². The van der Waals surface area contributed by atoms with Crippen molar-refractivity contribution in [2.75, 3.05) is 0 Å². The highest BCUT2D eigenvalue weighted by Crippen LogP contribution is 2.31. The van der Waals surface area contributed by atoms with Crippen molar-refractivity contribution in [1.82, 2.24) is 30.2 Å². The Labute approximate surface area is 239 Å². The largest absolute Gasteiger partial charge is 0.476 e. The molecule has 0 bridgehead atoms. The molecular weight excluding hydrogens is 566 g/mol. The summed E-state index contributed by atoms with van der Waals surface area (Å²) in [7, 11) is 0. The first-order chi connectivity index (χ1) is 20.0. The number of nitrogens with one attached hydrogen (secondary N) is 1. The van der Waals surface area contributed by atoms with Gasteiger partial charge in [-0.05, 0) is 23.3 Å². The monoisotopic (exact) mass is 585 g/mol. The Balaban J connectivity index is 1.15. The van der Waals surface area contributed by atoms with Gasteiger partial charge >= 0.3 is 5.97 Å². The molecule has 6 rings (SSSR count). The molecule has 4 N–H and O–H groups in total. The lowest BCUT2D eigenvalue weighted by molar-refractivity contribution is 0.0690. The second-order valence-corrected chi connectivity index (χ2v) is 10.3. The van der Waals surface area contributed by atoms with Crippen LogP contribution in [0.1, 0.15) is 32.1 Å². The molecule has 5 aromatic heterocycles. The fourth-order valence-corrected chi connectivity index (χ4v) is 5.30. The van der Waals surface area contributed by atoms with E-state index in [0.717, 1.165) is 17.4 Å². The molecule has 0 fully saturated rings. The summed E-state index contributed by atoms with van der Waals surface area (Å²) in [5.74, 6) is -1.21. The van der Waals surface area contributed by atoms with Crippen LogP contribution in [0.4, 0.5) is 0 Å². The molecule has 0 atom stereocenters. The molecule has 0 unspecified atom stereocenters. The molecule has 14 heteroatoms. The number of aromatic nitrogens is 5. The summed E-state index contributed by atoms with van der Waals surface area (Å²) in [6.07, 6.45) is 2.37. The van der Waals surface area contributed by atoms with E-state index in [1.807, 2.05) is 42.5 Å². The van der Waals surface area contributed by atoms with Crippen molar-refractivity contribution < 1.29 is 23.5 Å². The molecule has 0 aliphatic carbocycles.